The minimum absolute atomic E-state index is 0.0932. The first-order valence-electron chi connectivity index (χ1n) is 7.55. The number of thiophene rings is 2. The van der Waals surface area contributed by atoms with Crippen LogP contribution in [0.5, 0.6) is 0 Å². The van der Waals surface area contributed by atoms with Gasteiger partial charge in [0.1, 0.15) is 5.60 Å². The van der Waals surface area contributed by atoms with Crippen LogP contribution in [0, 0.1) is 0 Å². The fraction of sp³-hybridized carbons (Fsp3) is 0.167. The van der Waals surface area contributed by atoms with Crippen LogP contribution in [-0.4, -0.2) is 17.6 Å². The molecule has 0 radical (unpaired) electrons. The van der Waals surface area contributed by atoms with Gasteiger partial charge in [0.15, 0.2) is 0 Å². The van der Waals surface area contributed by atoms with Crippen molar-refractivity contribution in [1.29, 1.82) is 0 Å². The number of amides is 1. The predicted octanol–water partition coefficient (Wildman–Crippen LogP) is 4.49. The van der Waals surface area contributed by atoms with Gasteiger partial charge in [0.25, 0.3) is 5.91 Å². The Balaban J connectivity index is 1.76. The number of halogens is 3. The molecule has 0 bridgehead atoms. The molecule has 26 heavy (non-hydrogen) atoms. The number of nitrogens with one attached hydrogen (secondary N) is 1. The summed E-state index contributed by atoms with van der Waals surface area (Å²) < 4.78 is 37.8. The van der Waals surface area contributed by atoms with Crippen molar-refractivity contribution < 1.29 is 23.1 Å². The summed E-state index contributed by atoms with van der Waals surface area (Å²) in [6.45, 7) is -0.0932. The zero-order valence-electron chi connectivity index (χ0n) is 13.3. The predicted molar refractivity (Wildman–Crippen MR) is 95.4 cm³/mol. The van der Waals surface area contributed by atoms with E-state index in [4.69, 9.17) is 0 Å². The number of rotatable bonds is 5. The number of hydrogen-bond donors (Lipinski definition) is 2. The second kappa shape index (κ2) is 7.22. The van der Waals surface area contributed by atoms with Crippen molar-refractivity contribution in [3.05, 3.63) is 80.2 Å². The highest BCUT2D eigenvalue weighted by atomic mass is 32.1. The number of benzene rings is 1. The molecule has 1 amide bonds. The van der Waals surface area contributed by atoms with Gasteiger partial charge in [-0.15, -0.1) is 11.3 Å². The number of alkyl halides is 3. The first kappa shape index (κ1) is 18.6. The fourth-order valence-electron chi connectivity index (χ4n) is 2.47. The Bertz CT molecular complexity index is 823. The maximum absolute atomic E-state index is 12.6. The lowest BCUT2D eigenvalue weighted by molar-refractivity contribution is -0.137. The lowest BCUT2D eigenvalue weighted by Crippen LogP contribution is -2.41. The van der Waals surface area contributed by atoms with Gasteiger partial charge in [-0.3, -0.25) is 4.79 Å². The Morgan fingerprint density at radius 3 is 2.31 bits per heavy atom. The minimum Gasteiger partial charge on any atom is -0.378 e. The van der Waals surface area contributed by atoms with Crippen LogP contribution in [0.1, 0.15) is 26.4 Å². The number of carbonyl (C=O) groups is 1. The molecule has 1 aromatic carbocycles. The Morgan fingerprint density at radius 2 is 1.77 bits per heavy atom. The third kappa shape index (κ3) is 3.82. The Morgan fingerprint density at radius 1 is 1.04 bits per heavy atom. The van der Waals surface area contributed by atoms with E-state index in [9.17, 15) is 23.1 Å². The molecule has 3 rings (SSSR count). The van der Waals surface area contributed by atoms with Crippen molar-refractivity contribution >= 4 is 28.6 Å². The van der Waals surface area contributed by atoms with Crippen molar-refractivity contribution in [2.24, 2.45) is 0 Å². The first-order chi connectivity index (χ1) is 12.3. The van der Waals surface area contributed by atoms with Gasteiger partial charge in [0.2, 0.25) is 0 Å². The zero-order chi connectivity index (χ0) is 18.8. The van der Waals surface area contributed by atoms with Crippen molar-refractivity contribution in [2.75, 3.05) is 6.54 Å². The van der Waals surface area contributed by atoms with Crippen LogP contribution in [0.15, 0.2) is 58.6 Å². The number of aliphatic hydroxyl groups is 1. The van der Waals surface area contributed by atoms with Crippen LogP contribution in [0.3, 0.4) is 0 Å². The quantitative estimate of drug-likeness (QED) is 0.666. The molecule has 0 saturated heterocycles. The van der Waals surface area contributed by atoms with E-state index in [0.29, 0.717) is 10.4 Å². The third-order valence-corrected chi connectivity index (χ3v) is 5.61. The molecule has 1 atom stereocenters. The molecular formula is C18H14F3NO2S2. The molecule has 8 heteroatoms. The van der Waals surface area contributed by atoms with Crippen molar-refractivity contribution in [3.8, 4) is 0 Å². The minimum atomic E-state index is -4.45. The lowest BCUT2D eigenvalue weighted by atomic mass is 9.94. The normalized spacial score (nSPS) is 14.0. The smallest absolute Gasteiger partial charge is 0.378 e. The number of hydrogen-bond acceptors (Lipinski definition) is 4. The standard InChI is InChI=1S/C18H14F3NO2S2/c19-18(20,21)13-5-3-12(4-6-13)16(23)22-11-17(24,14-7-9-25-10-14)15-2-1-8-26-15/h1-10,24H,11H2,(H,22,23). The molecule has 2 N–H and O–H groups in total. The third-order valence-electron chi connectivity index (χ3n) is 3.91. The fourth-order valence-corrected chi connectivity index (χ4v) is 4.04. The summed E-state index contributed by atoms with van der Waals surface area (Å²) in [6, 6.07) is 9.30. The Hall–Kier alpha value is -2.16. The molecule has 0 fully saturated rings. The van der Waals surface area contributed by atoms with Gasteiger partial charge in [0.05, 0.1) is 12.1 Å². The maximum Gasteiger partial charge on any atom is 0.416 e. The molecule has 3 nitrogen and oxygen atoms in total. The lowest BCUT2D eigenvalue weighted by Gasteiger charge is -2.27. The highest BCUT2D eigenvalue weighted by Crippen LogP contribution is 2.34. The van der Waals surface area contributed by atoms with E-state index < -0.39 is 23.2 Å². The van der Waals surface area contributed by atoms with Gasteiger partial charge in [-0.25, -0.2) is 0 Å². The van der Waals surface area contributed by atoms with E-state index in [1.165, 1.54) is 22.7 Å². The van der Waals surface area contributed by atoms with Crippen LogP contribution < -0.4 is 5.32 Å². The molecule has 0 spiro atoms. The molecule has 0 aliphatic heterocycles. The van der Waals surface area contributed by atoms with E-state index in [-0.39, 0.29) is 12.1 Å². The topological polar surface area (TPSA) is 49.3 Å². The van der Waals surface area contributed by atoms with Crippen LogP contribution in [0.2, 0.25) is 0 Å². The molecule has 2 aromatic heterocycles. The van der Waals surface area contributed by atoms with Crippen molar-refractivity contribution in [2.45, 2.75) is 11.8 Å². The summed E-state index contributed by atoms with van der Waals surface area (Å²) in [5.74, 6) is -0.552. The molecule has 136 valence electrons. The summed E-state index contributed by atoms with van der Waals surface area (Å²) in [4.78, 5) is 13.0. The van der Waals surface area contributed by atoms with Crippen molar-refractivity contribution in [1.82, 2.24) is 5.32 Å². The average Bonchev–Trinajstić information content (AvgIpc) is 3.32. The average molecular weight is 397 g/mol. The van der Waals surface area contributed by atoms with Gasteiger partial charge >= 0.3 is 6.18 Å². The van der Waals surface area contributed by atoms with Crippen molar-refractivity contribution in [3.63, 3.8) is 0 Å². The van der Waals surface area contributed by atoms with Gasteiger partial charge in [0, 0.05) is 16.0 Å². The van der Waals surface area contributed by atoms with E-state index >= 15 is 0 Å². The second-order valence-corrected chi connectivity index (χ2v) is 7.34. The SMILES string of the molecule is O=C(NCC(O)(c1ccsc1)c1cccs1)c1ccc(C(F)(F)F)cc1. The molecular weight excluding hydrogens is 383 g/mol. The molecule has 0 aliphatic rings. The molecule has 0 aliphatic carbocycles. The zero-order valence-corrected chi connectivity index (χ0v) is 14.9. The number of carbonyl (C=O) groups excluding carboxylic acids is 1. The second-order valence-electron chi connectivity index (χ2n) is 5.61. The van der Waals surface area contributed by atoms with E-state index in [2.05, 4.69) is 5.32 Å². The molecule has 2 heterocycles. The highest BCUT2D eigenvalue weighted by molar-refractivity contribution is 7.10. The van der Waals surface area contributed by atoms with Crippen LogP contribution in [0.25, 0.3) is 0 Å². The van der Waals surface area contributed by atoms with Gasteiger partial charge in [-0.1, -0.05) is 6.07 Å². The molecule has 3 aromatic rings. The van der Waals surface area contributed by atoms with Crippen LogP contribution in [-0.2, 0) is 11.8 Å². The Kier molecular flexibility index (Phi) is 5.17. The molecule has 1 unspecified atom stereocenters. The van der Waals surface area contributed by atoms with Crippen LogP contribution >= 0.6 is 22.7 Å². The Labute approximate surface area is 155 Å². The van der Waals surface area contributed by atoms with E-state index in [1.54, 1.807) is 23.6 Å². The largest absolute Gasteiger partial charge is 0.416 e. The summed E-state index contributed by atoms with van der Waals surface area (Å²) in [6.07, 6.45) is -4.45. The first-order valence-corrected chi connectivity index (χ1v) is 9.37. The summed E-state index contributed by atoms with van der Waals surface area (Å²) in [5, 5.41) is 19.2. The van der Waals surface area contributed by atoms with E-state index in [0.717, 1.165) is 24.3 Å². The van der Waals surface area contributed by atoms with Gasteiger partial charge in [-0.2, -0.15) is 24.5 Å². The summed E-state index contributed by atoms with van der Waals surface area (Å²) >= 11 is 2.78. The maximum atomic E-state index is 12.6. The van der Waals surface area contributed by atoms with E-state index in [1.807, 2.05) is 10.8 Å². The highest BCUT2D eigenvalue weighted by Gasteiger charge is 2.34. The van der Waals surface area contributed by atoms with Gasteiger partial charge < -0.3 is 10.4 Å². The molecule has 0 saturated carbocycles. The van der Waals surface area contributed by atoms with Gasteiger partial charge in [-0.05, 0) is 52.5 Å². The van der Waals surface area contributed by atoms with Crippen LogP contribution in [0.4, 0.5) is 13.2 Å². The monoisotopic (exact) mass is 397 g/mol. The summed E-state index contributed by atoms with van der Waals surface area (Å²) in [7, 11) is 0. The summed E-state index contributed by atoms with van der Waals surface area (Å²) in [5.41, 5.74) is -1.47.